The Labute approximate surface area is 122 Å². The minimum absolute atomic E-state index is 0.0178. The van der Waals surface area contributed by atoms with Crippen molar-refractivity contribution < 1.29 is 9.53 Å². The molecule has 1 heterocycles. The molecule has 2 aromatic rings. The van der Waals surface area contributed by atoms with Crippen molar-refractivity contribution in [2.75, 3.05) is 18.2 Å². The van der Waals surface area contributed by atoms with Gasteiger partial charge in [0.15, 0.2) is 0 Å². The summed E-state index contributed by atoms with van der Waals surface area (Å²) in [6.45, 7) is 1.79. The van der Waals surface area contributed by atoms with Crippen LogP contribution in [0, 0.1) is 18.3 Å². The molecule has 0 bridgehead atoms. The Bertz CT molecular complexity index is 713. The van der Waals surface area contributed by atoms with Gasteiger partial charge in [0.25, 0.3) is 0 Å². The van der Waals surface area contributed by atoms with Crippen LogP contribution in [-0.2, 0) is 11.3 Å². The predicted molar refractivity (Wildman–Crippen MR) is 79.9 cm³/mol. The molecule has 0 aliphatic carbocycles. The topological polar surface area (TPSA) is 93.1 Å². The first kappa shape index (κ1) is 14.5. The summed E-state index contributed by atoms with van der Waals surface area (Å²) in [4.78, 5) is 12.1. The number of anilines is 2. The number of nitrogens with one attached hydrogen (secondary N) is 1. The predicted octanol–water partition coefficient (Wildman–Crippen LogP) is 1.90. The lowest BCUT2D eigenvalue weighted by molar-refractivity contribution is -0.116. The second-order valence-corrected chi connectivity index (χ2v) is 4.52. The van der Waals surface area contributed by atoms with Gasteiger partial charge in [-0.25, -0.2) is 0 Å². The van der Waals surface area contributed by atoms with Gasteiger partial charge < -0.3 is 20.4 Å². The minimum Gasteiger partial charge on any atom is -0.495 e. The average Bonchev–Trinajstić information content (AvgIpc) is 2.75. The number of nitriles is 1. The molecule has 1 amide bonds. The highest BCUT2D eigenvalue weighted by Crippen LogP contribution is 2.23. The number of methoxy groups -OCH3 is 1. The normalized spacial score (nSPS) is 9.95. The van der Waals surface area contributed by atoms with Crippen LogP contribution in [0.4, 0.5) is 11.4 Å². The van der Waals surface area contributed by atoms with E-state index < -0.39 is 0 Å². The van der Waals surface area contributed by atoms with Crippen molar-refractivity contribution in [2.45, 2.75) is 13.5 Å². The number of amides is 1. The maximum Gasteiger partial charge on any atom is 0.244 e. The number of nitrogen functional groups attached to an aromatic ring is 1. The molecule has 6 heteroatoms. The maximum atomic E-state index is 12.1. The molecule has 0 atom stereocenters. The second kappa shape index (κ2) is 6.01. The molecule has 21 heavy (non-hydrogen) atoms. The summed E-state index contributed by atoms with van der Waals surface area (Å²) < 4.78 is 6.76. The van der Waals surface area contributed by atoms with Crippen molar-refractivity contribution in [1.82, 2.24) is 4.57 Å². The van der Waals surface area contributed by atoms with Gasteiger partial charge in [-0.05, 0) is 25.1 Å². The zero-order valence-corrected chi connectivity index (χ0v) is 11.9. The summed E-state index contributed by atoms with van der Waals surface area (Å²) in [5, 5.41) is 11.8. The van der Waals surface area contributed by atoms with Crippen LogP contribution in [0.25, 0.3) is 0 Å². The SMILES string of the molecule is COc1ccccc1NC(=O)Cn1c(C#N)cc(N)c1C. The molecule has 0 unspecified atom stereocenters. The van der Waals surface area contributed by atoms with Crippen LogP contribution in [0.3, 0.4) is 0 Å². The van der Waals surface area contributed by atoms with Crippen LogP contribution < -0.4 is 15.8 Å². The third kappa shape index (κ3) is 2.98. The number of carbonyl (C=O) groups excluding carboxylic acids is 1. The number of hydrogen-bond donors (Lipinski definition) is 2. The summed E-state index contributed by atoms with van der Waals surface area (Å²) >= 11 is 0. The quantitative estimate of drug-likeness (QED) is 0.896. The van der Waals surface area contributed by atoms with Gasteiger partial charge in [-0.1, -0.05) is 12.1 Å². The van der Waals surface area contributed by atoms with E-state index in [1.165, 1.54) is 7.11 Å². The van der Waals surface area contributed by atoms with Crippen LogP contribution in [0.2, 0.25) is 0 Å². The summed E-state index contributed by atoms with van der Waals surface area (Å²) in [7, 11) is 1.54. The van der Waals surface area contributed by atoms with Gasteiger partial charge in [0.1, 0.15) is 24.1 Å². The van der Waals surface area contributed by atoms with Crippen molar-refractivity contribution in [3.8, 4) is 11.8 Å². The van der Waals surface area contributed by atoms with Gasteiger partial charge in [-0.3, -0.25) is 4.79 Å². The van der Waals surface area contributed by atoms with Gasteiger partial charge >= 0.3 is 0 Å². The number of nitrogens with zero attached hydrogens (tertiary/aromatic N) is 2. The first-order valence-electron chi connectivity index (χ1n) is 6.35. The number of nitrogens with two attached hydrogens (primary N) is 1. The first-order chi connectivity index (χ1) is 10.1. The number of benzene rings is 1. The lowest BCUT2D eigenvalue weighted by Crippen LogP contribution is -2.20. The molecular weight excluding hydrogens is 268 g/mol. The number of rotatable bonds is 4. The van der Waals surface area contributed by atoms with E-state index in [9.17, 15) is 4.79 Å². The number of para-hydroxylation sites is 2. The molecule has 1 aromatic carbocycles. The molecule has 0 radical (unpaired) electrons. The van der Waals surface area contributed by atoms with E-state index in [1.807, 2.05) is 12.1 Å². The Balaban J connectivity index is 2.18. The highest BCUT2D eigenvalue weighted by molar-refractivity contribution is 5.92. The monoisotopic (exact) mass is 284 g/mol. The molecule has 6 nitrogen and oxygen atoms in total. The second-order valence-electron chi connectivity index (χ2n) is 4.52. The van der Waals surface area contributed by atoms with Crippen LogP contribution in [0.5, 0.6) is 5.75 Å². The van der Waals surface area contributed by atoms with Crippen LogP contribution in [-0.4, -0.2) is 17.6 Å². The van der Waals surface area contributed by atoms with Crippen LogP contribution >= 0.6 is 0 Å². The molecule has 0 saturated heterocycles. The molecule has 0 saturated carbocycles. The Morgan fingerprint density at radius 2 is 2.19 bits per heavy atom. The van der Waals surface area contributed by atoms with E-state index in [0.29, 0.717) is 28.5 Å². The molecule has 1 aromatic heterocycles. The molecule has 2 rings (SSSR count). The third-order valence-corrected chi connectivity index (χ3v) is 3.20. The highest BCUT2D eigenvalue weighted by atomic mass is 16.5. The summed E-state index contributed by atoms with van der Waals surface area (Å²) in [5.41, 5.74) is 7.91. The fraction of sp³-hybridized carbons (Fsp3) is 0.200. The molecule has 3 N–H and O–H groups in total. The smallest absolute Gasteiger partial charge is 0.244 e. The average molecular weight is 284 g/mol. The Kier molecular flexibility index (Phi) is 4.14. The lowest BCUT2D eigenvalue weighted by Gasteiger charge is -2.11. The highest BCUT2D eigenvalue weighted by Gasteiger charge is 2.13. The van der Waals surface area contributed by atoms with Gasteiger partial charge in [-0.2, -0.15) is 5.26 Å². The van der Waals surface area contributed by atoms with Crippen molar-refractivity contribution in [3.63, 3.8) is 0 Å². The Morgan fingerprint density at radius 3 is 2.86 bits per heavy atom. The van der Waals surface area contributed by atoms with E-state index in [1.54, 1.807) is 35.8 Å². The van der Waals surface area contributed by atoms with Crippen molar-refractivity contribution in [2.24, 2.45) is 0 Å². The van der Waals surface area contributed by atoms with Gasteiger partial charge in [0.05, 0.1) is 18.5 Å². The fourth-order valence-electron chi connectivity index (χ4n) is 2.04. The zero-order valence-electron chi connectivity index (χ0n) is 11.9. The van der Waals surface area contributed by atoms with Gasteiger partial charge in [0.2, 0.25) is 5.91 Å². The largest absolute Gasteiger partial charge is 0.495 e. The van der Waals surface area contributed by atoms with Crippen molar-refractivity contribution >= 4 is 17.3 Å². The van der Waals surface area contributed by atoms with Crippen LogP contribution in [0.1, 0.15) is 11.4 Å². The number of ether oxygens (including phenoxy) is 1. The molecular formula is C15H16N4O2. The summed E-state index contributed by atoms with van der Waals surface area (Å²) in [6.07, 6.45) is 0. The molecule has 0 fully saturated rings. The minimum atomic E-state index is -0.255. The first-order valence-corrected chi connectivity index (χ1v) is 6.35. The molecule has 108 valence electrons. The number of hydrogen-bond acceptors (Lipinski definition) is 4. The summed E-state index contributed by atoms with van der Waals surface area (Å²) in [6, 6.07) is 10.7. The van der Waals surface area contributed by atoms with E-state index in [2.05, 4.69) is 5.32 Å². The lowest BCUT2D eigenvalue weighted by atomic mass is 10.3. The number of carbonyl (C=O) groups is 1. The molecule has 0 aliphatic rings. The van der Waals surface area contributed by atoms with Gasteiger partial charge in [-0.15, -0.1) is 0 Å². The van der Waals surface area contributed by atoms with E-state index in [0.717, 1.165) is 0 Å². The van der Waals surface area contributed by atoms with Crippen LogP contribution in [0.15, 0.2) is 30.3 Å². The van der Waals surface area contributed by atoms with Crippen molar-refractivity contribution in [3.05, 3.63) is 41.7 Å². The standard InChI is InChI=1S/C15H16N4O2/c1-10-12(17)7-11(8-16)19(10)9-15(20)18-13-5-3-4-6-14(13)21-2/h3-7H,9,17H2,1-2H3,(H,18,20). The van der Waals surface area contributed by atoms with Crippen molar-refractivity contribution in [1.29, 1.82) is 5.26 Å². The van der Waals surface area contributed by atoms with E-state index in [-0.39, 0.29) is 12.5 Å². The third-order valence-electron chi connectivity index (χ3n) is 3.20. The van der Waals surface area contributed by atoms with E-state index in [4.69, 9.17) is 15.7 Å². The van der Waals surface area contributed by atoms with Gasteiger partial charge in [0, 0.05) is 5.69 Å². The Morgan fingerprint density at radius 1 is 1.48 bits per heavy atom. The summed E-state index contributed by atoms with van der Waals surface area (Å²) in [5.74, 6) is 0.324. The zero-order chi connectivity index (χ0) is 15.4. The number of aromatic nitrogens is 1. The Hall–Kier alpha value is -2.94. The van der Waals surface area contributed by atoms with E-state index >= 15 is 0 Å². The molecule has 0 spiro atoms. The maximum absolute atomic E-state index is 12.1. The molecule has 0 aliphatic heterocycles. The fourth-order valence-corrected chi connectivity index (χ4v) is 2.04.